The maximum atomic E-state index is 13.9. The molecule has 39 heavy (non-hydrogen) atoms. The number of nitrogens with zero attached hydrogens (tertiary/aromatic N) is 4. The van der Waals surface area contributed by atoms with Gasteiger partial charge in [0.05, 0.1) is 44.6 Å². The van der Waals surface area contributed by atoms with E-state index in [0.717, 1.165) is 46.9 Å². The molecule has 1 N–H and O–H groups in total. The molecule has 4 heterocycles. The molecule has 0 saturated carbocycles. The maximum Gasteiger partial charge on any atom is 0.362 e. The minimum Gasteiger partial charge on any atom is -0.497 e. The molecule has 3 amide bonds. The summed E-state index contributed by atoms with van der Waals surface area (Å²) >= 11 is 0. The van der Waals surface area contributed by atoms with Crippen LogP contribution in [0.3, 0.4) is 0 Å². The smallest absolute Gasteiger partial charge is 0.362 e. The Morgan fingerprint density at radius 2 is 1.85 bits per heavy atom. The summed E-state index contributed by atoms with van der Waals surface area (Å²) in [6.45, 7) is 13.2. The number of hydrogen-bond donors (Lipinski definition) is 1. The first-order chi connectivity index (χ1) is 18.4. The van der Waals surface area contributed by atoms with Crippen molar-refractivity contribution >= 4 is 11.9 Å². The molecular formula is C30H44N5O4+. The number of hydrogen-bond acceptors (Lipinski definition) is 5. The average molecular weight is 539 g/mol. The number of rotatable bonds is 4. The summed E-state index contributed by atoms with van der Waals surface area (Å²) in [6, 6.07) is 6.12. The van der Waals surface area contributed by atoms with E-state index in [4.69, 9.17) is 9.47 Å². The Morgan fingerprint density at radius 3 is 2.41 bits per heavy atom. The number of piperidine rings is 1. The number of quaternary nitrogens is 1. The van der Waals surface area contributed by atoms with Gasteiger partial charge < -0.3 is 19.3 Å². The van der Waals surface area contributed by atoms with Crippen molar-refractivity contribution in [2.24, 2.45) is 7.05 Å². The molecular weight excluding hydrogens is 494 g/mol. The SMILES string of the molecule is CCN1C(=O)N2Cc3cc(OC)cc(OC)c3[C@@H](C)CC2C12CC[NH+](C(=O)c1cc(C(C)(C)C)nn1C)CC2. The van der Waals surface area contributed by atoms with Gasteiger partial charge in [0.1, 0.15) is 11.5 Å². The van der Waals surface area contributed by atoms with E-state index in [2.05, 4.69) is 55.6 Å². The number of methoxy groups -OCH3 is 2. The molecule has 1 unspecified atom stereocenters. The Morgan fingerprint density at radius 1 is 1.15 bits per heavy atom. The molecule has 9 nitrogen and oxygen atoms in total. The number of benzene rings is 1. The number of carbonyl (C=O) groups is 2. The van der Waals surface area contributed by atoms with Crippen LogP contribution >= 0.6 is 0 Å². The van der Waals surface area contributed by atoms with Gasteiger partial charge in [0.2, 0.25) is 0 Å². The highest BCUT2D eigenvalue weighted by molar-refractivity contribution is 5.85. The van der Waals surface area contributed by atoms with Gasteiger partial charge in [0, 0.05) is 50.0 Å². The summed E-state index contributed by atoms with van der Waals surface area (Å²) in [7, 11) is 5.21. The first-order valence-corrected chi connectivity index (χ1v) is 14.2. The third kappa shape index (κ3) is 4.39. The summed E-state index contributed by atoms with van der Waals surface area (Å²) in [5, 5.41) is 4.63. The molecule has 0 radical (unpaired) electrons. The van der Waals surface area contributed by atoms with Crippen LogP contribution in [0, 0.1) is 0 Å². The molecule has 1 spiro atoms. The van der Waals surface area contributed by atoms with Crippen molar-refractivity contribution in [3.05, 3.63) is 40.7 Å². The van der Waals surface area contributed by atoms with Gasteiger partial charge in [0.15, 0.2) is 5.69 Å². The number of aromatic nitrogens is 2. The van der Waals surface area contributed by atoms with Crippen molar-refractivity contribution in [1.29, 1.82) is 0 Å². The van der Waals surface area contributed by atoms with Crippen LogP contribution in [0.5, 0.6) is 11.5 Å². The quantitative estimate of drug-likeness (QED) is 0.647. The highest BCUT2D eigenvalue weighted by Gasteiger charge is 2.59. The second-order valence-electron chi connectivity index (χ2n) is 12.5. The lowest BCUT2D eigenvalue weighted by Gasteiger charge is -2.45. The normalized spacial score (nSPS) is 26.9. The number of likely N-dealkylation sites (N-methyl/N-ethyl adjacent to an activating group) is 1. The Kier molecular flexibility index (Phi) is 6.94. The Hall–Kier alpha value is -3.07. The van der Waals surface area contributed by atoms with Crippen LogP contribution in [0.25, 0.3) is 0 Å². The molecule has 2 aromatic rings. The van der Waals surface area contributed by atoms with Gasteiger partial charge >= 0.3 is 11.9 Å². The molecule has 0 aliphatic carbocycles. The lowest BCUT2D eigenvalue weighted by atomic mass is 9.76. The molecule has 9 heteroatoms. The Bertz CT molecular complexity index is 1270. The summed E-state index contributed by atoms with van der Waals surface area (Å²) in [6.07, 6.45) is 2.45. The second-order valence-corrected chi connectivity index (χ2v) is 12.5. The van der Waals surface area contributed by atoms with Crippen molar-refractivity contribution in [2.75, 3.05) is 33.9 Å². The Labute approximate surface area is 232 Å². The van der Waals surface area contributed by atoms with Gasteiger partial charge in [-0.1, -0.05) is 27.7 Å². The van der Waals surface area contributed by atoms with Crippen molar-refractivity contribution < 1.29 is 24.0 Å². The largest absolute Gasteiger partial charge is 0.497 e. The van der Waals surface area contributed by atoms with Gasteiger partial charge in [-0.2, -0.15) is 5.10 Å². The third-order valence-electron chi connectivity index (χ3n) is 9.32. The summed E-state index contributed by atoms with van der Waals surface area (Å²) in [5.41, 5.74) is 3.44. The van der Waals surface area contributed by atoms with E-state index < -0.39 is 0 Å². The number of carbonyl (C=O) groups excluding carboxylic acids is 2. The van der Waals surface area contributed by atoms with E-state index in [1.807, 2.05) is 19.2 Å². The van der Waals surface area contributed by atoms with E-state index in [0.29, 0.717) is 31.9 Å². The summed E-state index contributed by atoms with van der Waals surface area (Å²) < 4.78 is 13.1. The number of nitrogens with one attached hydrogen (secondary N) is 1. The number of amides is 3. The lowest BCUT2D eigenvalue weighted by Crippen LogP contribution is -3.16. The fourth-order valence-electron chi connectivity index (χ4n) is 7.24. The third-order valence-corrected chi connectivity index (χ3v) is 9.32. The van der Waals surface area contributed by atoms with Crippen LogP contribution < -0.4 is 14.4 Å². The van der Waals surface area contributed by atoms with Crippen LogP contribution in [-0.4, -0.2) is 77.0 Å². The highest BCUT2D eigenvalue weighted by atomic mass is 16.5. The number of ether oxygens (including phenoxy) is 2. The predicted octanol–water partition coefficient (Wildman–Crippen LogP) is 3.13. The molecule has 3 aliphatic heterocycles. The van der Waals surface area contributed by atoms with Crippen molar-refractivity contribution in [1.82, 2.24) is 19.6 Å². The highest BCUT2D eigenvalue weighted by Crippen LogP contribution is 2.48. The zero-order valence-corrected chi connectivity index (χ0v) is 24.8. The molecule has 1 aromatic carbocycles. The minimum absolute atomic E-state index is 0.0731. The monoisotopic (exact) mass is 538 g/mol. The number of urea groups is 1. The van der Waals surface area contributed by atoms with Crippen molar-refractivity contribution in [3.8, 4) is 11.5 Å². The average Bonchev–Trinajstić information content (AvgIpc) is 3.33. The van der Waals surface area contributed by atoms with E-state index in [9.17, 15) is 9.59 Å². The molecule has 2 saturated heterocycles. The van der Waals surface area contributed by atoms with E-state index in [-0.39, 0.29) is 34.9 Å². The molecule has 212 valence electrons. The predicted molar refractivity (Wildman–Crippen MR) is 149 cm³/mol. The molecule has 0 bridgehead atoms. The second kappa shape index (κ2) is 9.84. The van der Waals surface area contributed by atoms with E-state index in [1.54, 1.807) is 18.9 Å². The van der Waals surface area contributed by atoms with Crippen molar-refractivity contribution in [2.45, 2.75) is 83.3 Å². The molecule has 3 aliphatic rings. The minimum atomic E-state index is -0.285. The van der Waals surface area contributed by atoms with Crippen LogP contribution in [-0.2, 0) is 19.0 Å². The molecule has 1 aromatic heterocycles. The summed E-state index contributed by atoms with van der Waals surface area (Å²) in [4.78, 5) is 32.7. The van der Waals surface area contributed by atoms with Gasteiger partial charge in [0.25, 0.3) is 0 Å². The number of fused-ring (bicyclic) bond motifs is 3. The van der Waals surface area contributed by atoms with Crippen LogP contribution in [0.1, 0.15) is 87.1 Å². The van der Waals surface area contributed by atoms with E-state index >= 15 is 0 Å². The maximum absolute atomic E-state index is 13.9. The van der Waals surface area contributed by atoms with Crippen LogP contribution in [0.15, 0.2) is 18.2 Å². The van der Waals surface area contributed by atoms with Crippen LogP contribution in [0.2, 0.25) is 0 Å². The number of aryl methyl sites for hydroxylation is 1. The fourth-order valence-corrected chi connectivity index (χ4v) is 7.24. The first-order valence-electron chi connectivity index (χ1n) is 14.2. The van der Waals surface area contributed by atoms with Gasteiger partial charge in [-0.3, -0.25) is 9.58 Å². The zero-order valence-electron chi connectivity index (χ0n) is 24.8. The van der Waals surface area contributed by atoms with Crippen molar-refractivity contribution in [3.63, 3.8) is 0 Å². The van der Waals surface area contributed by atoms with Gasteiger partial charge in [-0.25, -0.2) is 9.59 Å². The van der Waals surface area contributed by atoms with Gasteiger partial charge in [-0.05, 0) is 37.0 Å². The molecule has 2 fully saturated rings. The first kappa shape index (κ1) is 27.5. The molecule has 2 atom stereocenters. The van der Waals surface area contributed by atoms with Crippen LogP contribution in [0.4, 0.5) is 4.79 Å². The van der Waals surface area contributed by atoms with E-state index in [1.165, 1.54) is 5.56 Å². The number of likely N-dealkylation sites (tertiary alicyclic amines) is 1. The Balaban J connectivity index is 1.43. The molecule has 5 rings (SSSR count). The lowest BCUT2D eigenvalue weighted by molar-refractivity contribution is -0.822. The van der Waals surface area contributed by atoms with Gasteiger partial charge in [-0.15, -0.1) is 0 Å². The topological polar surface area (TPSA) is 81.3 Å². The summed E-state index contributed by atoms with van der Waals surface area (Å²) in [5.74, 6) is 1.88. The standard InChI is InChI=1S/C30H43N5O4/c1-9-35-28(37)34-18-20-15-21(38-7)16-23(39-8)26(20)19(2)14-25(34)30(35)10-12-33(13-11-30)27(36)22-17-24(29(3,4)5)31-32(22)6/h15-17,19,25H,9-14,18H2,1-8H3/p+1/t19-,25?/m0/s1. The zero-order chi connectivity index (χ0) is 28.3. The fraction of sp³-hybridized carbons (Fsp3) is 0.633.